The smallest absolute Gasteiger partial charge is 0.462 e. The fraction of sp³-hybridized carbons (Fsp3) is 0.935. The van der Waals surface area contributed by atoms with Crippen LogP contribution in [0.4, 0.5) is 0 Å². The van der Waals surface area contributed by atoms with Gasteiger partial charge in [0.1, 0.15) is 19.3 Å². The average Bonchev–Trinajstić information content (AvgIpc) is 3.42. The van der Waals surface area contributed by atoms with E-state index >= 15 is 0 Å². The molecule has 5 atom stereocenters. The fourth-order valence-corrected chi connectivity index (χ4v) is 10.8. The number of carbonyl (C=O) groups is 4. The van der Waals surface area contributed by atoms with Gasteiger partial charge in [0.15, 0.2) is 12.2 Å². The van der Waals surface area contributed by atoms with E-state index in [0.29, 0.717) is 31.6 Å². The van der Waals surface area contributed by atoms with Crippen LogP contribution in [0.2, 0.25) is 0 Å². The van der Waals surface area contributed by atoms with Crippen molar-refractivity contribution in [3.63, 3.8) is 0 Å². The van der Waals surface area contributed by atoms with E-state index in [-0.39, 0.29) is 25.7 Å². The molecule has 0 spiro atoms. The molecule has 0 radical (unpaired) electrons. The van der Waals surface area contributed by atoms with Crippen molar-refractivity contribution >= 4 is 39.5 Å². The van der Waals surface area contributed by atoms with Gasteiger partial charge in [-0.15, -0.1) is 0 Å². The van der Waals surface area contributed by atoms with Gasteiger partial charge in [-0.2, -0.15) is 0 Å². The highest BCUT2D eigenvalue weighted by Crippen LogP contribution is 2.45. The standard InChI is InChI=1S/C62H120O17P2/c1-7-9-11-13-15-27-34-40-46-61(66)78-57(50-72-59(64)44-38-32-24-14-12-10-8-2)52-76-80(68,69)74-48-56(63)49-75-81(70,71)77-53-58(51-73-60(65)45-39-33-29-23-26-31-37-43-55(5)6)79-62(67)47-41-35-28-22-20-18-16-17-19-21-25-30-36-42-54(3)4/h54-58,63H,7-53H2,1-6H3,(H,68,69)(H,70,71)/t56-,57+,58+/m0/s1. The minimum absolute atomic E-state index is 0.104. The highest BCUT2D eigenvalue weighted by molar-refractivity contribution is 7.47. The molecule has 0 rings (SSSR count). The number of carbonyl (C=O) groups excluding carboxylic acids is 4. The Labute approximate surface area is 492 Å². The Bertz CT molecular complexity index is 1600. The van der Waals surface area contributed by atoms with Crippen LogP contribution in [-0.4, -0.2) is 96.7 Å². The Morgan fingerprint density at radius 3 is 0.840 bits per heavy atom. The summed E-state index contributed by atoms with van der Waals surface area (Å²) in [6.07, 6.45) is 36.5. The van der Waals surface area contributed by atoms with E-state index in [2.05, 4.69) is 41.5 Å². The van der Waals surface area contributed by atoms with E-state index in [9.17, 15) is 43.2 Å². The van der Waals surface area contributed by atoms with Gasteiger partial charge in [-0.05, 0) is 37.5 Å². The summed E-state index contributed by atoms with van der Waals surface area (Å²) in [7, 11) is -9.87. The number of unbranched alkanes of at least 4 members (excludes halogenated alkanes) is 31. The molecule has 0 fully saturated rings. The van der Waals surface area contributed by atoms with Crippen molar-refractivity contribution < 1.29 is 80.2 Å². The van der Waals surface area contributed by atoms with Crippen LogP contribution in [0.25, 0.3) is 0 Å². The average molecular weight is 1200 g/mol. The largest absolute Gasteiger partial charge is 0.472 e. The highest BCUT2D eigenvalue weighted by Gasteiger charge is 2.30. The van der Waals surface area contributed by atoms with Crippen LogP contribution in [0.3, 0.4) is 0 Å². The molecule has 0 aromatic carbocycles. The summed E-state index contributed by atoms with van der Waals surface area (Å²) in [6, 6.07) is 0. The normalized spacial score (nSPS) is 14.4. The van der Waals surface area contributed by atoms with Crippen molar-refractivity contribution in [2.45, 2.75) is 323 Å². The summed E-state index contributed by atoms with van der Waals surface area (Å²) in [5.74, 6) is -0.652. The Kier molecular flexibility index (Phi) is 53.4. The number of aliphatic hydroxyl groups is 1. The van der Waals surface area contributed by atoms with E-state index < -0.39 is 97.5 Å². The molecule has 0 heterocycles. The number of hydrogen-bond acceptors (Lipinski definition) is 15. The maximum absolute atomic E-state index is 12.9. The van der Waals surface area contributed by atoms with Gasteiger partial charge in [-0.1, -0.05) is 253 Å². The monoisotopic (exact) mass is 1200 g/mol. The summed E-state index contributed by atoms with van der Waals surface area (Å²) in [5.41, 5.74) is 0. The van der Waals surface area contributed by atoms with E-state index in [1.54, 1.807) is 0 Å². The third kappa shape index (κ3) is 56.9. The Morgan fingerprint density at radius 1 is 0.333 bits per heavy atom. The summed E-state index contributed by atoms with van der Waals surface area (Å²) in [6.45, 7) is 9.37. The SMILES string of the molecule is CCCCCCCCCCC(=O)O[C@H](COC(=O)CCCCCCCCC)COP(=O)(O)OC[C@H](O)COP(=O)(O)OC[C@@H](COC(=O)CCCCCCCCCC(C)C)OC(=O)CCCCCCCCCCCCCCCC(C)C. The predicted octanol–water partition coefficient (Wildman–Crippen LogP) is 16.9. The lowest BCUT2D eigenvalue weighted by molar-refractivity contribution is -0.161. The molecule has 17 nitrogen and oxygen atoms in total. The van der Waals surface area contributed by atoms with Gasteiger partial charge in [0.2, 0.25) is 0 Å². The molecule has 0 aliphatic carbocycles. The number of rotatable bonds is 61. The van der Waals surface area contributed by atoms with Crippen LogP contribution < -0.4 is 0 Å². The van der Waals surface area contributed by atoms with Crippen molar-refractivity contribution in [1.82, 2.24) is 0 Å². The summed E-state index contributed by atoms with van der Waals surface area (Å²) < 4.78 is 67.7. The van der Waals surface area contributed by atoms with Crippen LogP contribution >= 0.6 is 15.6 Å². The lowest BCUT2D eigenvalue weighted by atomic mass is 10.0. The molecule has 0 amide bonds. The first-order valence-electron chi connectivity index (χ1n) is 32.5. The van der Waals surface area contributed by atoms with E-state index in [4.69, 9.17) is 37.0 Å². The predicted molar refractivity (Wildman–Crippen MR) is 321 cm³/mol. The summed E-state index contributed by atoms with van der Waals surface area (Å²) in [5, 5.41) is 10.5. The second-order valence-corrected chi connectivity index (χ2v) is 26.3. The van der Waals surface area contributed by atoms with Crippen LogP contribution in [-0.2, 0) is 65.4 Å². The van der Waals surface area contributed by atoms with E-state index in [1.807, 2.05) is 0 Å². The lowest BCUT2D eigenvalue weighted by Crippen LogP contribution is -2.30. The number of phosphoric acid groups is 2. The van der Waals surface area contributed by atoms with Crippen molar-refractivity contribution in [2.24, 2.45) is 11.8 Å². The molecule has 0 bridgehead atoms. The molecule has 19 heteroatoms. The van der Waals surface area contributed by atoms with Gasteiger partial charge in [-0.25, -0.2) is 9.13 Å². The molecular formula is C62H120O17P2. The molecule has 3 N–H and O–H groups in total. The van der Waals surface area contributed by atoms with E-state index in [1.165, 1.54) is 96.3 Å². The third-order valence-corrected chi connectivity index (χ3v) is 16.1. The molecule has 0 aliphatic heterocycles. The van der Waals surface area contributed by atoms with Gasteiger partial charge in [0.25, 0.3) is 0 Å². The summed E-state index contributed by atoms with van der Waals surface area (Å²) in [4.78, 5) is 71.9. The minimum atomic E-state index is -4.94. The second-order valence-electron chi connectivity index (χ2n) is 23.4. The zero-order chi connectivity index (χ0) is 60.1. The van der Waals surface area contributed by atoms with Gasteiger partial charge in [0.05, 0.1) is 26.4 Å². The number of esters is 4. The first-order chi connectivity index (χ1) is 38.9. The molecule has 0 saturated heterocycles. The number of aliphatic hydroxyl groups excluding tert-OH is 1. The van der Waals surface area contributed by atoms with Crippen molar-refractivity contribution in [1.29, 1.82) is 0 Å². The molecule has 0 saturated carbocycles. The fourth-order valence-electron chi connectivity index (χ4n) is 9.18. The second kappa shape index (κ2) is 54.7. The van der Waals surface area contributed by atoms with Gasteiger partial charge in [-0.3, -0.25) is 37.3 Å². The Balaban J connectivity index is 5.18. The topological polar surface area (TPSA) is 237 Å². The van der Waals surface area contributed by atoms with Crippen molar-refractivity contribution in [3.8, 4) is 0 Å². The van der Waals surface area contributed by atoms with Crippen LogP contribution in [0, 0.1) is 11.8 Å². The molecule has 2 unspecified atom stereocenters. The molecule has 81 heavy (non-hydrogen) atoms. The zero-order valence-corrected chi connectivity index (χ0v) is 53.9. The van der Waals surface area contributed by atoms with Crippen molar-refractivity contribution in [2.75, 3.05) is 39.6 Å². The quantitative estimate of drug-likeness (QED) is 0.0222. The van der Waals surface area contributed by atoms with Gasteiger partial charge < -0.3 is 33.8 Å². The minimum Gasteiger partial charge on any atom is -0.462 e. The van der Waals surface area contributed by atoms with Crippen LogP contribution in [0.15, 0.2) is 0 Å². The Morgan fingerprint density at radius 2 is 0.568 bits per heavy atom. The Hall–Kier alpha value is -1.94. The van der Waals surface area contributed by atoms with Crippen molar-refractivity contribution in [3.05, 3.63) is 0 Å². The lowest BCUT2D eigenvalue weighted by Gasteiger charge is -2.21. The number of phosphoric ester groups is 2. The zero-order valence-electron chi connectivity index (χ0n) is 52.1. The maximum atomic E-state index is 12.9. The van der Waals surface area contributed by atoms with Crippen LogP contribution in [0.5, 0.6) is 0 Å². The molecule has 0 aromatic heterocycles. The van der Waals surface area contributed by atoms with Gasteiger partial charge in [0, 0.05) is 25.7 Å². The van der Waals surface area contributed by atoms with E-state index in [0.717, 1.165) is 121 Å². The number of hydrogen-bond donors (Lipinski definition) is 3. The third-order valence-electron chi connectivity index (χ3n) is 14.2. The molecular weight excluding hydrogens is 1080 g/mol. The first-order valence-corrected chi connectivity index (χ1v) is 35.5. The first kappa shape index (κ1) is 79.1. The maximum Gasteiger partial charge on any atom is 0.472 e. The number of ether oxygens (including phenoxy) is 4. The van der Waals surface area contributed by atoms with Gasteiger partial charge >= 0.3 is 39.5 Å². The molecule has 0 aromatic rings. The van der Waals surface area contributed by atoms with Crippen LogP contribution in [0.1, 0.15) is 305 Å². The molecule has 480 valence electrons. The molecule has 0 aliphatic rings. The summed E-state index contributed by atoms with van der Waals surface area (Å²) >= 11 is 0. The highest BCUT2D eigenvalue weighted by atomic mass is 31.2.